The van der Waals surface area contributed by atoms with Gasteiger partial charge >= 0.3 is 5.97 Å². The molecule has 0 radical (unpaired) electrons. The van der Waals surface area contributed by atoms with Crippen molar-refractivity contribution in [1.82, 2.24) is 4.90 Å². The molecule has 1 aromatic rings. The van der Waals surface area contributed by atoms with Gasteiger partial charge in [0.25, 0.3) is 0 Å². The van der Waals surface area contributed by atoms with Gasteiger partial charge in [-0.25, -0.2) is 4.99 Å². The van der Waals surface area contributed by atoms with Crippen LogP contribution in [0.2, 0.25) is 0 Å². The first-order chi connectivity index (χ1) is 11.5. The number of rotatable bonds is 4. The van der Waals surface area contributed by atoms with Gasteiger partial charge < -0.3 is 5.11 Å². The third-order valence-corrected chi connectivity index (χ3v) is 5.68. The predicted molar refractivity (Wildman–Crippen MR) is 95.6 cm³/mol. The van der Waals surface area contributed by atoms with Gasteiger partial charge in [-0.05, 0) is 31.9 Å². The monoisotopic (exact) mass is 346 g/mol. The molecule has 1 atom stereocenters. The lowest BCUT2D eigenvalue weighted by Crippen LogP contribution is -2.42. The van der Waals surface area contributed by atoms with Gasteiger partial charge in [-0.3, -0.25) is 14.5 Å². The van der Waals surface area contributed by atoms with Crippen LogP contribution in [0.25, 0.3) is 0 Å². The first-order valence-electron chi connectivity index (χ1n) is 8.41. The number of nitrogens with zero attached hydrogens (tertiary/aromatic N) is 2. The molecule has 1 aliphatic heterocycles. The Balaban J connectivity index is 1.89. The highest BCUT2D eigenvalue weighted by molar-refractivity contribution is 8.15. The first kappa shape index (κ1) is 17.0. The van der Waals surface area contributed by atoms with E-state index >= 15 is 0 Å². The topological polar surface area (TPSA) is 70.0 Å². The highest BCUT2D eigenvalue weighted by atomic mass is 32.2. The van der Waals surface area contributed by atoms with Crippen molar-refractivity contribution in [3.8, 4) is 0 Å². The quantitative estimate of drug-likeness (QED) is 0.902. The van der Waals surface area contributed by atoms with E-state index in [1.54, 1.807) is 4.90 Å². The summed E-state index contributed by atoms with van der Waals surface area (Å²) in [6, 6.07) is 7.98. The zero-order valence-corrected chi connectivity index (χ0v) is 14.6. The maximum absolute atomic E-state index is 12.8. The molecule has 128 valence electrons. The van der Waals surface area contributed by atoms with E-state index in [2.05, 4.69) is 4.99 Å². The molecule has 2 fully saturated rings. The van der Waals surface area contributed by atoms with Crippen LogP contribution >= 0.6 is 11.8 Å². The lowest BCUT2D eigenvalue weighted by molar-refractivity contribution is -0.139. The standard InChI is InChI=1S/C18H22N2O3S/c1-12-7-9-13(10-8-12)19-18-20(14-5-3-2-4-6-14)17(23)15(24-18)11-16(21)22/h7-10,14-15H,2-6,11H2,1H3,(H,21,22)/t15-/m1/s1. The second-order valence-electron chi connectivity index (χ2n) is 6.43. The van der Waals surface area contributed by atoms with Gasteiger partial charge in [0.15, 0.2) is 5.17 Å². The van der Waals surface area contributed by atoms with Crippen LogP contribution in [0.4, 0.5) is 5.69 Å². The summed E-state index contributed by atoms with van der Waals surface area (Å²) >= 11 is 1.29. The van der Waals surface area contributed by atoms with Crippen molar-refractivity contribution in [2.75, 3.05) is 0 Å². The minimum absolute atomic E-state index is 0.0971. The predicted octanol–water partition coefficient (Wildman–Crippen LogP) is 3.73. The van der Waals surface area contributed by atoms with E-state index < -0.39 is 11.2 Å². The van der Waals surface area contributed by atoms with E-state index in [9.17, 15) is 9.59 Å². The number of aliphatic carboxylic acids is 1. The van der Waals surface area contributed by atoms with Crippen LogP contribution in [-0.4, -0.2) is 38.3 Å². The number of hydrogen-bond acceptors (Lipinski definition) is 4. The Bertz CT molecular complexity index is 651. The second kappa shape index (κ2) is 7.38. The third-order valence-electron chi connectivity index (χ3n) is 4.53. The number of amidine groups is 1. The van der Waals surface area contributed by atoms with Crippen molar-refractivity contribution in [1.29, 1.82) is 0 Å². The van der Waals surface area contributed by atoms with Gasteiger partial charge in [0.2, 0.25) is 5.91 Å². The highest BCUT2D eigenvalue weighted by Crippen LogP contribution is 2.36. The lowest BCUT2D eigenvalue weighted by atomic mass is 9.94. The highest BCUT2D eigenvalue weighted by Gasteiger charge is 2.42. The summed E-state index contributed by atoms with van der Waals surface area (Å²) in [4.78, 5) is 30.2. The Hall–Kier alpha value is -1.82. The number of carbonyl (C=O) groups is 2. The van der Waals surface area contributed by atoms with E-state index in [0.717, 1.165) is 36.9 Å². The molecule has 0 spiro atoms. The molecule has 1 heterocycles. The Kier molecular flexibility index (Phi) is 5.23. The molecular weight excluding hydrogens is 324 g/mol. The van der Waals surface area contributed by atoms with Gasteiger partial charge in [-0.15, -0.1) is 0 Å². The van der Waals surface area contributed by atoms with Crippen molar-refractivity contribution in [2.24, 2.45) is 4.99 Å². The first-order valence-corrected chi connectivity index (χ1v) is 9.29. The van der Waals surface area contributed by atoms with Crippen molar-refractivity contribution in [3.05, 3.63) is 29.8 Å². The summed E-state index contributed by atoms with van der Waals surface area (Å²) in [5.74, 6) is -1.04. The largest absolute Gasteiger partial charge is 0.481 e. The Labute approximate surface area is 146 Å². The molecule has 0 bridgehead atoms. The van der Waals surface area contributed by atoms with Crippen LogP contribution in [0.15, 0.2) is 29.3 Å². The average Bonchev–Trinajstić information content (AvgIpc) is 2.85. The molecule has 1 aliphatic carbocycles. The Morgan fingerprint density at radius 3 is 2.54 bits per heavy atom. The van der Waals surface area contributed by atoms with Gasteiger partial charge in [0.05, 0.1) is 12.1 Å². The molecule has 3 rings (SSSR count). The average molecular weight is 346 g/mol. The molecule has 0 aromatic heterocycles. The van der Waals surface area contributed by atoms with Crippen molar-refractivity contribution >= 4 is 34.5 Å². The summed E-state index contributed by atoms with van der Waals surface area (Å²) in [7, 11) is 0. The molecule has 2 aliphatic rings. The van der Waals surface area contributed by atoms with E-state index in [1.807, 2.05) is 31.2 Å². The Morgan fingerprint density at radius 2 is 1.92 bits per heavy atom. The van der Waals surface area contributed by atoms with E-state index in [0.29, 0.717) is 5.17 Å². The maximum Gasteiger partial charge on any atom is 0.305 e. The van der Waals surface area contributed by atoms with Crippen molar-refractivity contribution in [3.63, 3.8) is 0 Å². The molecule has 6 heteroatoms. The van der Waals surface area contributed by atoms with Gasteiger partial charge in [0.1, 0.15) is 5.25 Å². The number of thioether (sulfide) groups is 1. The molecule has 1 amide bonds. The van der Waals surface area contributed by atoms with E-state index in [-0.39, 0.29) is 18.4 Å². The van der Waals surface area contributed by atoms with Crippen LogP contribution in [-0.2, 0) is 9.59 Å². The lowest BCUT2D eigenvalue weighted by Gasteiger charge is -2.30. The number of hydrogen-bond donors (Lipinski definition) is 1. The van der Waals surface area contributed by atoms with Crippen molar-refractivity contribution in [2.45, 2.75) is 56.7 Å². The maximum atomic E-state index is 12.8. The SMILES string of the molecule is Cc1ccc(N=C2S[C@H](CC(=O)O)C(=O)N2C2CCCCC2)cc1. The summed E-state index contributed by atoms with van der Waals surface area (Å²) in [5, 5.41) is 9.16. The van der Waals surface area contributed by atoms with Crippen LogP contribution in [0.5, 0.6) is 0 Å². The minimum atomic E-state index is -0.943. The van der Waals surface area contributed by atoms with Gasteiger partial charge in [-0.2, -0.15) is 0 Å². The fourth-order valence-corrected chi connectivity index (χ4v) is 4.46. The van der Waals surface area contributed by atoms with Crippen LogP contribution in [0.1, 0.15) is 44.1 Å². The van der Waals surface area contributed by atoms with Gasteiger partial charge in [-0.1, -0.05) is 48.7 Å². The van der Waals surface area contributed by atoms with E-state index in [4.69, 9.17) is 5.11 Å². The van der Waals surface area contributed by atoms with Gasteiger partial charge in [0, 0.05) is 6.04 Å². The number of carboxylic acids is 1. The summed E-state index contributed by atoms with van der Waals surface area (Å²) in [6.45, 7) is 2.02. The number of aryl methyl sites for hydroxylation is 1. The molecule has 1 saturated carbocycles. The summed E-state index contributed by atoms with van der Waals surface area (Å²) < 4.78 is 0. The zero-order chi connectivity index (χ0) is 17.1. The van der Waals surface area contributed by atoms with Crippen LogP contribution < -0.4 is 0 Å². The molecular formula is C18H22N2O3S. The fourth-order valence-electron chi connectivity index (χ4n) is 3.26. The smallest absolute Gasteiger partial charge is 0.305 e. The molecule has 5 nitrogen and oxygen atoms in total. The molecule has 1 N–H and O–H groups in total. The second-order valence-corrected chi connectivity index (χ2v) is 7.60. The fraction of sp³-hybridized carbons (Fsp3) is 0.500. The normalized spacial score (nSPS) is 23.9. The Morgan fingerprint density at radius 1 is 1.25 bits per heavy atom. The summed E-state index contributed by atoms with van der Waals surface area (Å²) in [5.41, 5.74) is 1.95. The summed E-state index contributed by atoms with van der Waals surface area (Å²) in [6.07, 6.45) is 5.22. The molecule has 24 heavy (non-hydrogen) atoms. The third kappa shape index (κ3) is 3.80. The minimum Gasteiger partial charge on any atom is -0.481 e. The zero-order valence-electron chi connectivity index (χ0n) is 13.8. The number of aliphatic imine (C=N–C) groups is 1. The van der Waals surface area contributed by atoms with E-state index in [1.165, 1.54) is 18.2 Å². The molecule has 0 unspecified atom stereocenters. The molecule has 1 aromatic carbocycles. The number of amides is 1. The van der Waals surface area contributed by atoms with Crippen LogP contribution in [0.3, 0.4) is 0 Å². The van der Waals surface area contributed by atoms with Crippen molar-refractivity contribution < 1.29 is 14.7 Å². The number of benzene rings is 1. The number of carboxylic acid groups (broad SMARTS) is 1. The number of carbonyl (C=O) groups excluding carboxylic acids is 1. The van der Waals surface area contributed by atoms with Crippen LogP contribution in [0, 0.1) is 6.92 Å². The molecule has 1 saturated heterocycles.